The number of benzene rings is 1. The maximum absolute atomic E-state index is 12.7. The topological polar surface area (TPSA) is 60.0 Å². The summed E-state index contributed by atoms with van der Waals surface area (Å²) >= 11 is 5.62. The average Bonchev–Trinajstić information content (AvgIpc) is 3.27. The van der Waals surface area contributed by atoms with Crippen molar-refractivity contribution in [1.29, 1.82) is 0 Å². The standard InChI is InChI=1S/C23H34N2O4S/c1-27-20-13-12-17(16-21(20)28-2)8-7-15-29-22(26)19-11-6-14-25(19)23(30)24-18-9-4-3-5-10-18/h12-13,16,18-19H,3-11,14-15H2,1-2H3,(H,24,30)/t19-/m0/s1. The fraction of sp³-hybridized carbons (Fsp3) is 0.652. The number of hydrogen-bond acceptors (Lipinski definition) is 5. The van der Waals surface area contributed by atoms with Gasteiger partial charge in [0, 0.05) is 12.6 Å². The van der Waals surface area contributed by atoms with Crippen LogP contribution in [0, 0.1) is 0 Å². The van der Waals surface area contributed by atoms with E-state index in [1.807, 2.05) is 23.1 Å². The third-order valence-electron chi connectivity index (χ3n) is 6.02. The highest BCUT2D eigenvalue weighted by Gasteiger charge is 2.34. The highest BCUT2D eigenvalue weighted by molar-refractivity contribution is 7.80. The van der Waals surface area contributed by atoms with Crippen molar-refractivity contribution in [3.63, 3.8) is 0 Å². The zero-order chi connectivity index (χ0) is 21.3. The summed E-state index contributed by atoms with van der Waals surface area (Å²) in [5, 5.41) is 4.20. The minimum atomic E-state index is -0.255. The van der Waals surface area contributed by atoms with Gasteiger partial charge in [0.05, 0.1) is 20.8 Å². The Kier molecular flexibility index (Phi) is 8.61. The lowest BCUT2D eigenvalue weighted by Gasteiger charge is -2.31. The molecule has 7 heteroatoms. The molecule has 1 saturated carbocycles. The van der Waals surface area contributed by atoms with Crippen LogP contribution in [0.1, 0.15) is 56.9 Å². The van der Waals surface area contributed by atoms with Gasteiger partial charge in [0.2, 0.25) is 0 Å². The molecule has 0 bridgehead atoms. The summed E-state index contributed by atoms with van der Waals surface area (Å²) in [6.45, 7) is 1.23. The minimum Gasteiger partial charge on any atom is -0.493 e. The van der Waals surface area contributed by atoms with Crippen LogP contribution in [0.2, 0.25) is 0 Å². The van der Waals surface area contributed by atoms with Crippen molar-refractivity contribution in [1.82, 2.24) is 10.2 Å². The second-order valence-corrected chi connectivity index (χ2v) is 8.48. The molecule has 0 amide bonds. The van der Waals surface area contributed by atoms with Crippen molar-refractivity contribution in [3.8, 4) is 11.5 Å². The van der Waals surface area contributed by atoms with Crippen molar-refractivity contribution in [2.75, 3.05) is 27.4 Å². The molecule has 0 radical (unpaired) electrons. The van der Waals surface area contributed by atoms with Crippen LogP contribution in [-0.2, 0) is 16.0 Å². The van der Waals surface area contributed by atoms with Crippen LogP contribution in [-0.4, -0.2) is 55.4 Å². The van der Waals surface area contributed by atoms with Crippen LogP contribution in [0.5, 0.6) is 11.5 Å². The van der Waals surface area contributed by atoms with Crippen molar-refractivity contribution in [3.05, 3.63) is 23.8 Å². The molecule has 1 aliphatic carbocycles. The molecule has 0 aromatic heterocycles. The molecule has 166 valence electrons. The summed E-state index contributed by atoms with van der Waals surface area (Å²) in [5.74, 6) is 1.27. The van der Waals surface area contributed by atoms with Crippen LogP contribution in [0.3, 0.4) is 0 Å². The summed E-state index contributed by atoms with van der Waals surface area (Å²) in [6.07, 6.45) is 9.50. The van der Waals surface area contributed by atoms with Crippen molar-refractivity contribution < 1.29 is 19.0 Å². The molecule has 1 atom stereocenters. The van der Waals surface area contributed by atoms with Crippen molar-refractivity contribution in [2.24, 2.45) is 0 Å². The Morgan fingerprint density at radius 3 is 2.60 bits per heavy atom. The van der Waals surface area contributed by atoms with Gasteiger partial charge in [-0.25, -0.2) is 4.79 Å². The largest absolute Gasteiger partial charge is 0.493 e. The lowest BCUT2D eigenvalue weighted by molar-refractivity contribution is -0.147. The first kappa shape index (κ1) is 22.7. The normalized spacial score (nSPS) is 19.4. The first-order valence-corrected chi connectivity index (χ1v) is 11.5. The minimum absolute atomic E-state index is 0.160. The number of ether oxygens (including phenoxy) is 3. The van der Waals surface area contributed by atoms with E-state index in [4.69, 9.17) is 26.4 Å². The average molecular weight is 435 g/mol. The Bertz CT molecular complexity index is 721. The Balaban J connectivity index is 1.43. The number of rotatable bonds is 8. The molecule has 1 saturated heterocycles. The highest BCUT2D eigenvalue weighted by atomic mass is 32.1. The van der Waals surface area contributed by atoms with E-state index in [0.29, 0.717) is 29.3 Å². The van der Waals surface area contributed by atoms with Crippen LogP contribution in [0.25, 0.3) is 0 Å². The predicted molar refractivity (Wildman–Crippen MR) is 121 cm³/mol. The Morgan fingerprint density at radius 1 is 1.10 bits per heavy atom. The Morgan fingerprint density at radius 2 is 1.87 bits per heavy atom. The summed E-state index contributed by atoms with van der Waals surface area (Å²) in [4.78, 5) is 14.7. The lowest BCUT2D eigenvalue weighted by atomic mass is 9.96. The maximum Gasteiger partial charge on any atom is 0.328 e. The number of hydrogen-bond donors (Lipinski definition) is 1. The van der Waals surface area contributed by atoms with Crippen molar-refractivity contribution in [2.45, 2.75) is 69.9 Å². The van der Waals surface area contributed by atoms with E-state index in [1.165, 1.54) is 32.1 Å². The van der Waals surface area contributed by atoms with Gasteiger partial charge in [0.25, 0.3) is 0 Å². The Labute approximate surface area is 185 Å². The van der Waals surface area contributed by atoms with Gasteiger partial charge in [0.1, 0.15) is 6.04 Å². The number of nitrogens with zero attached hydrogens (tertiary/aromatic N) is 1. The van der Waals surface area contributed by atoms with Crippen LogP contribution < -0.4 is 14.8 Å². The first-order valence-electron chi connectivity index (χ1n) is 11.1. The lowest BCUT2D eigenvalue weighted by Crippen LogP contribution is -2.49. The van der Waals surface area contributed by atoms with Gasteiger partial charge in [-0.15, -0.1) is 0 Å². The Hall–Kier alpha value is -2.02. The molecular formula is C23H34N2O4S. The van der Waals surface area contributed by atoms with Gasteiger partial charge in [0.15, 0.2) is 16.6 Å². The summed E-state index contributed by atoms with van der Waals surface area (Å²) < 4.78 is 16.2. The number of carbonyl (C=O) groups excluding carboxylic acids is 1. The number of aryl methyl sites for hydroxylation is 1. The second-order valence-electron chi connectivity index (χ2n) is 8.10. The zero-order valence-corrected chi connectivity index (χ0v) is 19.0. The van der Waals surface area contributed by atoms with E-state index in [0.717, 1.165) is 37.8 Å². The number of nitrogens with one attached hydrogen (secondary N) is 1. The molecule has 6 nitrogen and oxygen atoms in total. The predicted octanol–water partition coefficient (Wildman–Crippen LogP) is 3.85. The van der Waals surface area contributed by atoms with E-state index in [1.54, 1.807) is 14.2 Å². The fourth-order valence-electron chi connectivity index (χ4n) is 4.34. The van der Waals surface area contributed by atoms with Gasteiger partial charge in [-0.3, -0.25) is 0 Å². The summed E-state index contributed by atoms with van der Waals surface area (Å²) in [6, 6.07) is 6.07. The fourth-order valence-corrected chi connectivity index (χ4v) is 4.73. The summed E-state index contributed by atoms with van der Waals surface area (Å²) in [7, 11) is 3.25. The van der Waals surface area contributed by atoms with Crippen molar-refractivity contribution >= 4 is 23.3 Å². The van der Waals surface area contributed by atoms with E-state index in [-0.39, 0.29) is 12.0 Å². The molecule has 1 heterocycles. The summed E-state index contributed by atoms with van der Waals surface area (Å²) in [5.41, 5.74) is 1.13. The SMILES string of the molecule is COc1ccc(CCCOC(=O)[C@@H]2CCCN2C(=S)NC2CCCCC2)cc1OC. The molecule has 30 heavy (non-hydrogen) atoms. The van der Waals surface area contributed by atoms with Gasteiger partial charge in [-0.2, -0.15) is 0 Å². The number of carbonyl (C=O) groups is 1. The van der Waals surface area contributed by atoms with Crippen LogP contribution >= 0.6 is 12.2 Å². The molecule has 0 spiro atoms. The van der Waals surface area contributed by atoms with Gasteiger partial charge < -0.3 is 24.4 Å². The molecule has 3 rings (SSSR count). The number of esters is 1. The maximum atomic E-state index is 12.7. The molecular weight excluding hydrogens is 400 g/mol. The van der Waals surface area contributed by atoms with Gasteiger partial charge in [-0.1, -0.05) is 25.3 Å². The van der Waals surface area contributed by atoms with E-state index >= 15 is 0 Å². The molecule has 2 aliphatic rings. The molecule has 1 aromatic carbocycles. The second kappa shape index (κ2) is 11.4. The monoisotopic (exact) mass is 434 g/mol. The molecule has 2 fully saturated rings. The smallest absolute Gasteiger partial charge is 0.328 e. The molecule has 1 N–H and O–H groups in total. The van der Waals surface area contributed by atoms with E-state index in [9.17, 15) is 4.79 Å². The third-order valence-corrected chi connectivity index (χ3v) is 6.37. The molecule has 1 aliphatic heterocycles. The van der Waals surface area contributed by atoms with Crippen LogP contribution in [0.15, 0.2) is 18.2 Å². The van der Waals surface area contributed by atoms with Crippen LogP contribution in [0.4, 0.5) is 0 Å². The number of methoxy groups -OCH3 is 2. The number of thiocarbonyl (C=S) groups is 1. The van der Waals surface area contributed by atoms with E-state index < -0.39 is 0 Å². The molecule has 1 aromatic rings. The third kappa shape index (κ3) is 6.00. The highest BCUT2D eigenvalue weighted by Crippen LogP contribution is 2.28. The van der Waals surface area contributed by atoms with Gasteiger partial charge >= 0.3 is 5.97 Å². The zero-order valence-electron chi connectivity index (χ0n) is 18.2. The van der Waals surface area contributed by atoms with E-state index in [2.05, 4.69) is 5.32 Å². The number of likely N-dealkylation sites (tertiary alicyclic amines) is 1. The quantitative estimate of drug-likeness (QED) is 0.379. The van der Waals surface area contributed by atoms with Gasteiger partial charge in [-0.05, 0) is 68.4 Å². The molecule has 0 unspecified atom stereocenters. The first-order chi connectivity index (χ1) is 14.6.